The molecule has 1 N–H and O–H groups in total. The third kappa shape index (κ3) is 3.28. The van der Waals surface area contributed by atoms with E-state index in [1.54, 1.807) is 0 Å². The molecule has 0 aliphatic rings. The van der Waals surface area contributed by atoms with Crippen molar-refractivity contribution in [3.63, 3.8) is 0 Å². The Kier molecular flexibility index (Phi) is 4.25. The molecule has 0 radical (unpaired) electrons. The van der Waals surface area contributed by atoms with Gasteiger partial charge < -0.3 is 9.84 Å². The number of rotatable bonds is 5. The van der Waals surface area contributed by atoms with Crippen molar-refractivity contribution < 1.29 is 9.84 Å². The average Bonchev–Trinajstić information content (AvgIpc) is 2.42. The van der Waals surface area contributed by atoms with Crippen LogP contribution in [0, 0.1) is 0 Å². The van der Waals surface area contributed by atoms with Crippen LogP contribution in [0.1, 0.15) is 24.6 Å². The number of hydrogen-bond donors (Lipinski definition) is 1. The molecule has 0 atom stereocenters. The highest BCUT2D eigenvalue weighted by Crippen LogP contribution is 2.19. The number of benzene rings is 1. The van der Waals surface area contributed by atoms with E-state index in [9.17, 15) is 0 Å². The highest BCUT2D eigenvalue weighted by atomic mass is 16.5. The van der Waals surface area contributed by atoms with Crippen LogP contribution in [-0.4, -0.2) is 15.1 Å². The zero-order chi connectivity index (χ0) is 12.8. The largest absolute Gasteiger partial charge is 0.438 e. The molecule has 2 rings (SSSR count). The normalized spacial score (nSPS) is 10.3. The lowest BCUT2D eigenvalue weighted by molar-refractivity contribution is 0.276. The van der Waals surface area contributed by atoms with Crippen LogP contribution in [0.5, 0.6) is 11.6 Å². The van der Waals surface area contributed by atoms with Gasteiger partial charge in [-0.1, -0.05) is 25.5 Å². The van der Waals surface area contributed by atoms with Gasteiger partial charge in [0.2, 0.25) is 5.88 Å². The van der Waals surface area contributed by atoms with Gasteiger partial charge in [-0.05, 0) is 24.1 Å². The lowest BCUT2D eigenvalue weighted by Crippen LogP contribution is -1.93. The van der Waals surface area contributed by atoms with Gasteiger partial charge in [-0.3, -0.25) is 4.98 Å². The standard InChI is InChI=1S/C14H16N2O2/c1-2-3-11-4-6-13(7-5-11)18-14-9-15-12(10-17)8-16-14/h4-9,17H,2-3,10H2,1H3. The van der Waals surface area contributed by atoms with E-state index in [-0.39, 0.29) is 6.61 Å². The van der Waals surface area contributed by atoms with Crippen molar-refractivity contribution >= 4 is 0 Å². The van der Waals surface area contributed by atoms with Gasteiger partial charge in [0, 0.05) is 0 Å². The molecule has 0 fully saturated rings. The SMILES string of the molecule is CCCc1ccc(Oc2cnc(CO)cn2)cc1. The van der Waals surface area contributed by atoms with Crippen molar-refractivity contribution in [3.05, 3.63) is 47.9 Å². The lowest BCUT2D eigenvalue weighted by Gasteiger charge is -2.05. The van der Waals surface area contributed by atoms with Crippen LogP contribution in [0.25, 0.3) is 0 Å². The molecule has 94 valence electrons. The molecule has 4 nitrogen and oxygen atoms in total. The Balaban J connectivity index is 2.03. The molecular formula is C14H16N2O2. The van der Waals surface area contributed by atoms with Crippen LogP contribution in [-0.2, 0) is 13.0 Å². The lowest BCUT2D eigenvalue weighted by atomic mass is 10.1. The van der Waals surface area contributed by atoms with Gasteiger partial charge in [0.05, 0.1) is 24.7 Å². The third-order valence-corrected chi connectivity index (χ3v) is 2.53. The van der Waals surface area contributed by atoms with Gasteiger partial charge in [0.15, 0.2) is 0 Å². The molecule has 0 aliphatic carbocycles. The maximum atomic E-state index is 8.86. The minimum atomic E-state index is -0.112. The molecule has 0 spiro atoms. The Morgan fingerprint density at radius 1 is 1.11 bits per heavy atom. The first kappa shape index (κ1) is 12.5. The molecule has 0 unspecified atom stereocenters. The number of ether oxygens (including phenoxy) is 1. The molecule has 18 heavy (non-hydrogen) atoms. The molecule has 1 aromatic carbocycles. The summed E-state index contributed by atoms with van der Waals surface area (Å²) in [7, 11) is 0. The quantitative estimate of drug-likeness (QED) is 0.878. The van der Waals surface area contributed by atoms with Gasteiger partial charge in [-0.2, -0.15) is 0 Å². The summed E-state index contributed by atoms with van der Waals surface area (Å²) in [5.41, 5.74) is 1.83. The molecule has 0 saturated heterocycles. The summed E-state index contributed by atoms with van der Waals surface area (Å²) in [6.45, 7) is 2.04. The van der Waals surface area contributed by atoms with Crippen molar-refractivity contribution in [2.45, 2.75) is 26.4 Å². The van der Waals surface area contributed by atoms with Crippen molar-refractivity contribution in [1.82, 2.24) is 9.97 Å². The number of nitrogens with zero attached hydrogens (tertiary/aromatic N) is 2. The highest BCUT2D eigenvalue weighted by molar-refractivity contribution is 5.30. The minimum absolute atomic E-state index is 0.112. The van der Waals surface area contributed by atoms with E-state index in [1.165, 1.54) is 18.0 Å². The summed E-state index contributed by atoms with van der Waals surface area (Å²) in [6.07, 6.45) is 5.21. The second-order valence-electron chi connectivity index (χ2n) is 4.00. The molecule has 1 heterocycles. The fourth-order valence-corrected chi connectivity index (χ4v) is 1.61. The van der Waals surface area contributed by atoms with Gasteiger partial charge in [-0.15, -0.1) is 0 Å². The smallest absolute Gasteiger partial charge is 0.237 e. The molecule has 0 bridgehead atoms. The monoisotopic (exact) mass is 244 g/mol. The molecule has 4 heteroatoms. The zero-order valence-corrected chi connectivity index (χ0v) is 10.3. The van der Waals surface area contributed by atoms with Gasteiger partial charge in [-0.25, -0.2) is 4.98 Å². The Hall–Kier alpha value is -1.94. The van der Waals surface area contributed by atoms with E-state index in [4.69, 9.17) is 9.84 Å². The van der Waals surface area contributed by atoms with Gasteiger partial charge in [0.25, 0.3) is 0 Å². The number of hydrogen-bond acceptors (Lipinski definition) is 4. The van der Waals surface area contributed by atoms with Gasteiger partial charge in [0.1, 0.15) is 5.75 Å². The maximum absolute atomic E-state index is 8.86. The van der Waals surface area contributed by atoms with Crippen LogP contribution in [0.15, 0.2) is 36.7 Å². The van der Waals surface area contributed by atoms with E-state index >= 15 is 0 Å². The van der Waals surface area contributed by atoms with Crippen molar-refractivity contribution in [2.24, 2.45) is 0 Å². The fourth-order valence-electron chi connectivity index (χ4n) is 1.61. The van der Waals surface area contributed by atoms with Gasteiger partial charge >= 0.3 is 0 Å². The van der Waals surface area contributed by atoms with Crippen LogP contribution < -0.4 is 4.74 Å². The molecule has 0 aliphatic heterocycles. The first-order valence-electron chi connectivity index (χ1n) is 6.00. The predicted octanol–water partition coefficient (Wildman–Crippen LogP) is 2.71. The summed E-state index contributed by atoms with van der Waals surface area (Å²) in [5.74, 6) is 1.16. The van der Waals surface area contributed by atoms with E-state index in [0.29, 0.717) is 11.6 Å². The Labute approximate surface area is 106 Å². The Morgan fingerprint density at radius 2 is 1.89 bits per heavy atom. The third-order valence-electron chi connectivity index (χ3n) is 2.53. The molecule has 2 aromatic rings. The first-order valence-corrected chi connectivity index (χ1v) is 6.00. The summed E-state index contributed by atoms with van der Waals surface area (Å²) in [4.78, 5) is 8.06. The zero-order valence-electron chi connectivity index (χ0n) is 10.3. The van der Waals surface area contributed by atoms with Crippen molar-refractivity contribution in [1.29, 1.82) is 0 Å². The summed E-state index contributed by atoms with van der Waals surface area (Å²) in [6, 6.07) is 7.95. The Morgan fingerprint density at radius 3 is 2.44 bits per heavy atom. The maximum Gasteiger partial charge on any atom is 0.237 e. The molecular weight excluding hydrogens is 228 g/mol. The van der Waals surface area contributed by atoms with Crippen LogP contribution in [0.4, 0.5) is 0 Å². The fraction of sp³-hybridized carbons (Fsp3) is 0.286. The summed E-state index contributed by atoms with van der Waals surface area (Å²) in [5, 5.41) is 8.86. The topological polar surface area (TPSA) is 55.2 Å². The van der Waals surface area contributed by atoms with E-state index < -0.39 is 0 Å². The molecule has 0 saturated carbocycles. The molecule has 0 amide bonds. The summed E-state index contributed by atoms with van der Waals surface area (Å²) < 4.78 is 5.56. The van der Waals surface area contributed by atoms with Crippen molar-refractivity contribution in [3.8, 4) is 11.6 Å². The van der Waals surface area contributed by atoms with E-state index in [0.717, 1.165) is 18.6 Å². The van der Waals surface area contributed by atoms with E-state index in [2.05, 4.69) is 16.9 Å². The predicted molar refractivity (Wildman–Crippen MR) is 68.5 cm³/mol. The molecule has 1 aromatic heterocycles. The first-order chi connectivity index (χ1) is 8.81. The second-order valence-corrected chi connectivity index (χ2v) is 4.00. The number of aliphatic hydroxyl groups is 1. The second kappa shape index (κ2) is 6.12. The van der Waals surface area contributed by atoms with Crippen LogP contribution >= 0.6 is 0 Å². The Bertz CT molecular complexity index is 480. The number of aliphatic hydroxyl groups excluding tert-OH is 1. The van der Waals surface area contributed by atoms with E-state index in [1.807, 2.05) is 24.3 Å². The highest BCUT2D eigenvalue weighted by Gasteiger charge is 2.00. The van der Waals surface area contributed by atoms with Crippen LogP contribution in [0.2, 0.25) is 0 Å². The number of aryl methyl sites for hydroxylation is 1. The average molecular weight is 244 g/mol. The minimum Gasteiger partial charge on any atom is -0.438 e. The van der Waals surface area contributed by atoms with Crippen molar-refractivity contribution in [2.75, 3.05) is 0 Å². The van der Waals surface area contributed by atoms with Crippen LogP contribution in [0.3, 0.4) is 0 Å². The summed E-state index contributed by atoms with van der Waals surface area (Å²) >= 11 is 0. The number of aromatic nitrogens is 2.